The second-order valence-corrected chi connectivity index (χ2v) is 9.40. The third kappa shape index (κ3) is 5.00. The number of aryl methyl sites for hydroxylation is 2. The van der Waals surface area contributed by atoms with Gasteiger partial charge in [-0.1, -0.05) is 19.9 Å². The predicted molar refractivity (Wildman–Crippen MR) is 123 cm³/mol. The number of benzene rings is 2. The predicted octanol–water partition coefficient (Wildman–Crippen LogP) is 3.61. The summed E-state index contributed by atoms with van der Waals surface area (Å²) >= 11 is 0. The molecular formula is C23H27N3O5S. The highest BCUT2D eigenvalue weighted by molar-refractivity contribution is 7.89. The van der Waals surface area contributed by atoms with Crippen molar-refractivity contribution in [3.05, 3.63) is 59.3 Å². The van der Waals surface area contributed by atoms with E-state index in [0.29, 0.717) is 18.8 Å². The van der Waals surface area contributed by atoms with E-state index in [9.17, 15) is 18.0 Å². The van der Waals surface area contributed by atoms with Gasteiger partial charge < -0.3 is 15.0 Å². The van der Waals surface area contributed by atoms with Crippen LogP contribution in [0.1, 0.15) is 35.5 Å². The summed E-state index contributed by atoms with van der Waals surface area (Å²) in [7, 11) is -3.57. The van der Waals surface area contributed by atoms with Crippen LogP contribution in [-0.4, -0.2) is 49.3 Å². The lowest BCUT2D eigenvalue weighted by molar-refractivity contribution is -0.119. The molecule has 0 bridgehead atoms. The van der Waals surface area contributed by atoms with E-state index in [1.807, 2.05) is 26.0 Å². The number of carbonyl (C=O) groups is 2. The molecular weight excluding hydrogens is 430 g/mol. The van der Waals surface area contributed by atoms with Crippen molar-refractivity contribution in [1.29, 1.82) is 0 Å². The molecule has 0 saturated carbocycles. The van der Waals surface area contributed by atoms with Crippen molar-refractivity contribution in [3.63, 3.8) is 0 Å². The standard InChI is InChI=1S/C23H27N3O5S/c1-5-26(6-2)32(29,30)18-9-7-17(8-10-18)24-22(27)14-31-23(28)21-13-19-16(4)11-15(3)12-20(19)25-21/h7-13,25H,5-6,14H2,1-4H3,(H,24,27). The molecule has 8 nitrogen and oxygen atoms in total. The quantitative estimate of drug-likeness (QED) is 0.502. The average molecular weight is 458 g/mol. The molecule has 1 aromatic heterocycles. The minimum Gasteiger partial charge on any atom is -0.451 e. The number of hydrogen-bond acceptors (Lipinski definition) is 5. The third-order valence-corrected chi connectivity index (χ3v) is 7.19. The van der Waals surface area contributed by atoms with Crippen LogP contribution in [0, 0.1) is 13.8 Å². The highest BCUT2D eigenvalue weighted by atomic mass is 32.2. The summed E-state index contributed by atoms with van der Waals surface area (Å²) in [5.41, 5.74) is 3.62. The first-order chi connectivity index (χ1) is 15.1. The van der Waals surface area contributed by atoms with Gasteiger partial charge in [-0.3, -0.25) is 4.79 Å². The molecule has 1 heterocycles. The van der Waals surface area contributed by atoms with Crippen molar-refractivity contribution in [2.75, 3.05) is 25.0 Å². The maximum atomic E-state index is 12.5. The summed E-state index contributed by atoms with van der Waals surface area (Å²) in [5.74, 6) is -1.16. The van der Waals surface area contributed by atoms with Crippen molar-refractivity contribution in [2.24, 2.45) is 0 Å². The lowest BCUT2D eigenvalue weighted by atomic mass is 10.1. The van der Waals surface area contributed by atoms with Crippen molar-refractivity contribution >= 4 is 38.5 Å². The first-order valence-corrected chi connectivity index (χ1v) is 11.8. The molecule has 3 rings (SSSR count). The molecule has 0 aliphatic heterocycles. The number of ether oxygens (including phenoxy) is 1. The van der Waals surface area contributed by atoms with E-state index >= 15 is 0 Å². The molecule has 32 heavy (non-hydrogen) atoms. The molecule has 2 N–H and O–H groups in total. The van der Waals surface area contributed by atoms with E-state index in [-0.39, 0.29) is 10.6 Å². The Hall–Kier alpha value is -3.17. The maximum absolute atomic E-state index is 12.5. The molecule has 1 amide bonds. The molecule has 0 unspecified atom stereocenters. The van der Waals surface area contributed by atoms with Gasteiger partial charge in [0.05, 0.1) is 4.90 Å². The number of nitrogens with zero attached hydrogens (tertiary/aromatic N) is 1. The highest BCUT2D eigenvalue weighted by Crippen LogP contribution is 2.22. The summed E-state index contributed by atoms with van der Waals surface area (Å²) < 4.78 is 31.5. The summed E-state index contributed by atoms with van der Waals surface area (Å²) in [6.07, 6.45) is 0. The van der Waals surface area contributed by atoms with E-state index in [1.165, 1.54) is 28.6 Å². The van der Waals surface area contributed by atoms with E-state index in [1.54, 1.807) is 19.9 Å². The number of nitrogens with one attached hydrogen (secondary N) is 2. The Bertz CT molecular complexity index is 1240. The Morgan fingerprint density at radius 2 is 1.69 bits per heavy atom. The molecule has 0 radical (unpaired) electrons. The molecule has 9 heteroatoms. The van der Waals surface area contributed by atoms with Crippen LogP contribution in [0.3, 0.4) is 0 Å². The van der Waals surface area contributed by atoms with Crippen LogP contribution in [0.5, 0.6) is 0 Å². The minimum absolute atomic E-state index is 0.148. The summed E-state index contributed by atoms with van der Waals surface area (Å²) in [5, 5.41) is 3.52. The van der Waals surface area contributed by atoms with Crippen LogP contribution in [0.4, 0.5) is 5.69 Å². The topological polar surface area (TPSA) is 109 Å². The molecule has 0 atom stereocenters. The van der Waals surface area contributed by atoms with Gasteiger partial charge in [0.15, 0.2) is 6.61 Å². The number of esters is 1. The van der Waals surface area contributed by atoms with E-state index in [4.69, 9.17) is 4.74 Å². The van der Waals surface area contributed by atoms with Crippen LogP contribution in [0.15, 0.2) is 47.4 Å². The van der Waals surface area contributed by atoms with Gasteiger partial charge >= 0.3 is 5.97 Å². The van der Waals surface area contributed by atoms with Gasteiger partial charge in [-0.2, -0.15) is 4.31 Å². The molecule has 170 valence electrons. The molecule has 3 aromatic rings. The normalized spacial score (nSPS) is 11.7. The van der Waals surface area contributed by atoms with Crippen LogP contribution in [0.2, 0.25) is 0 Å². The van der Waals surface area contributed by atoms with Gasteiger partial charge in [0.25, 0.3) is 5.91 Å². The highest BCUT2D eigenvalue weighted by Gasteiger charge is 2.21. The van der Waals surface area contributed by atoms with E-state index in [0.717, 1.165) is 22.0 Å². The largest absolute Gasteiger partial charge is 0.451 e. The van der Waals surface area contributed by atoms with Gasteiger partial charge in [0.1, 0.15) is 5.69 Å². The molecule has 0 fully saturated rings. The van der Waals surface area contributed by atoms with Gasteiger partial charge in [0, 0.05) is 29.7 Å². The third-order valence-electron chi connectivity index (χ3n) is 5.12. The van der Waals surface area contributed by atoms with Gasteiger partial charge in [-0.25, -0.2) is 13.2 Å². The van der Waals surface area contributed by atoms with E-state index < -0.39 is 28.5 Å². The zero-order chi connectivity index (χ0) is 23.5. The Morgan fingerprint density at radius 3 is 2.31 bits per heavy atom. The lowest BCUT2D eigenvalue weighted by Gasteiger charge is -2.18. The monoisotopic (exact) mass is 457 g/mol. The number of carbonyl (C=O) groups excluding carboxylic acids is 2. The average Bonchev–Trinajstić information content (AvgIpc) is 3.17. The minimum atomic E-state index is -3.57. The number of rotatable bonds is 8. The number of aromatic amines is 1. The fraction of sp³-hybridized carbons (Fsp3) is 0.304. The SMILES string of the molecule is CCN(CC)S(=O)(=O)c1ccc(NC(=O)COC(=O)c2cc3c(C)cc(C)cc3[nH]2)cc1. The number of aromatic nitrogens is 1. The number of anilines is 1. The van der Waals surface area contributed by atoms with Crippen molar-refractivity contribution in [3.8, 4) is 0 Å². The maximum Gasteiger partial charge on any atom is 0.355 e. The lowest BCUT2D eigenvalue weighted by Crippen LogP contribution is -2.30. The smallest absolute Gasteiger partial charge is 0.355 e. The van der Waals surface area contributed by atoms with Crippen molar-refractivity contribution in [2.45, 2.75) is 32.6 Å². The van der Waals surface area contributed by atoms with Crippen LogP contribution in [0.25, 0.3) is 10.9 Å². The summed E-state index contributed by atoms with van der Waals surface area (Å²) in [6, 6.07) is 11.5. The number of sulfonamides is 1. The Labute approximate surface area is 187 Å². The van der Waals surface area contributed by atoms with Crippen molar-refractivity contribution in [1.82, 2.24) is 9.29 Å². The number of amides is 1. The van der Waals surface area contributed by atoms with Crippen LogP contribution < -0.4 is 5.32 Å². The zero-order valence-corrected chi connectivity index (χ0v) is 19.4. The number of fused-ring (bicyclic) bond motifs is 1. The first kappa shape index (κ1) is 23.5. The fourth-order valence-corrected chi connectivity index (χ4v) is 5.00. The Morgan fingerprint density at radius 1 is 1.03 bits per heavy atom. The van der Waals surface area contributed by atoms with Crippen LogP contribution in [-0.2, 0) is 19.6 Å². The fourth-order valence-electron chi connectivity index (χ4n) is 3.54. The van der Waals surface area contributed by atoms with Crippen LogP contribution >= 0.6 is 0 Å². The van der Waals surface area contributed by atoms with Crippen molar-refractivity contribution < 1.29 is 22.7 Å². The molecule has 2 aromatic carbocycles. The second-order valence-electron chi connectivity index (χ2n) is 7.46. The van der Waals surface area contributed by atoms with E-state index in [2.05, 4.69) is 10.3 Å². The first-order valence-electron chi connectivity index (χ1n) is 10.3. The zero-order valence-electron chi connectivity index (χ0n) is 18.6. The Balaban J connectivity index is 1.60. The Kier molecular flexibility index (Phi) is 7.00. The number of hydrogen-bond donors (Lipinski definition) is 2. The van der Waals surface area contributed by atoms with Gasteiger partial charge in [-0.15, -0.1) is 0 Å². The number of H-pyrrole nitrogens is 1. The summed E-state index contributed by atoms with van der Waals surface area (Å²) in [4.78, 5) is 27.7. The molecule has 0 saturated heterocycles. The second kappa shape index (κ2) is 9.54. The summed E-state index contributed by atoms with van der Waals surface area (Å²) in [6.45, 7) is 7.76. The molecule has 0 spiro atoms. The molecule has 0 aliphatic carbocycles. The van der Waals surface area contributed by atoms with Gasteiger partial charge in [-0.05, 0) is 61.4 Å². The van der Waals surface area contributed by atoms with Gasteiger partial charge in [0.2, 0.25) is 10.0 Å². The molecule has 0 aliphatic rings.